The number of rotatable bonds is 4. The molecular formula is C12H14N2O2. The Kier molecular flexibility index (Phi) is 3.22. The molecule has 0 bridgehead atoms. The highest BCUT2D eigenvalue weighted by molar-refractivity contribution is 5.59. The molecule has 2 aromatic rings. The highest BCUT2D eigenvalue weighted by Gasteiger charge is 2.06. The first-order valence-corrected chi connectivity index (χ1v) is 5.13. The number of nitrogens with zero attached hydrogens (tertiary/aromatic N) is 1. The zero-order chi connectivity index (χ0) is 11.4. The molecule has 2 rings (SSSR count). The van der Waals surface area contributed by atoms with Crippen LogP contribution in [0.4, 0.5) is 0 Å². The van der Waals surface area contributed by atoms with Gasteiger partial charge in [0, 0.05) is 18.1 Å². The minimum Gasteiger partial charge on any atom is -0.497 e. The van der Waals surface area contributed by atoms with Gasteiger partial charge in [0.05, 0.1) is 12.8 Å². The summed E-state index contributed by atoms with van der Waals surface area (Å²) < 4.78 is 10.4. The fraction of sp³-hybridized carbons (Fsp3) is 0.250. The molecule has 0 aliphatic carbocycles. The molecular weight excluding hydrogens is 204 g/mol. The average molecular weight is 218 g/mol. The lowest BCUT2D eigenvalue weighted by Crippen LogP contribution is -2.02. The van der Waals surface area contributed by atoms with Crippen LogP contribution in [0.5, 0.6) is 5.75 Å². The van der Waals surface area contributed by atoms with Crippen molar-refractivity contribution in [2.45, 2.75) is 6.42 Å². The quantitative estimate of drug-likeness (QED) is 0.850. The molecule has 0 unspecified atom stereocenters. The summed E-state index contributed by atoms with van der Waals surface area (Å²) in [4.78, 5) is 0. The van der Waals surface area contributed by atoms with Crippen molar-refractivity contribution in [3.8, 4) is 17.1 Å². The van der Waals surface area contributed by atoms with Crippen molar-refractivity contribution in [2.24, 2.45) is 5.73 Å². The van der Waals surface area contributed by atoms with Crippen molar-refractivity contribution in [1.29, 1.82) is 0 Å². The maximum absolute atomic E-state index is 5.45. The van der Waals surface area contributed by atoms with Gasteiger partial charge in [-0.05, 0) is 18.7 Å². The predicted molar refractivity (Wildman–Crippen MR) is 61.2 cm³/mol. The summed E-state index contributed by atoms with van der Waals surface area (Å²) in [5, 5.41) is 3.94. The van der Waals surface area contributed by atoms with Gasteiger partial charge in [-0.1, -0.05) is 17.3 Å². The van der Waals surface area contributed by atoms with Gasteiger partial charge in [-0.15, -0.1) is 0 Å². The van der Waals surface area contributed by atoms with Crippen molar-refractivity contribution in [2.75, 3.05) is 13.7 Å². The van der Waals surface area contributed by atoms with Gasteiger partial charge < -0.3 is 15.0 Å². The van der Waals surface area contributed by atoms with Gasteiger partial charge in [0.25, 0.3) is 0 Å². The molecule has 0 aliphatic heterocycles. The summed E-state index contributed by atoms with van der Waals surface area (Å²) >= 11 is 0. The van der Waals surface area contributed by atoms with E-state index in [4.69, 9.17) is 15.0 Å². The lowest BCUT2D eigenvalue weighted by Gasteiger charge is -2.00. The molecule has 84 valence electrons. The van der Waals surface area contributed by atoms with E-state index in [0.29, 0.717) is 6.54 Å². The molecule has 1 heterocycles. The standard InChI is InChI=1S/C12H14N2O2/c1-15-11-4-2-3-9(7-11)12-8-10(5-6-13)14-16-12/h2-4,7-8H,5-6,13H2,1H3. The fourth-order valence-electron chi connectivity index (χ4n) is 1.49. The van der Waals surface area contributed by atoms with Crippen LogP contribution in [0, 0.1) is 0 Å². The molecule has 0 fully saturated rings. The highest BCUT2D eigenvalue weighted by atomic mass is 16.5. The normalized spacial score (nSPS) is 10.4. The monoisotopic (exact) mass is 218 g/mol. The zero-order valence-electron chi connectivity index (χ0n) is 9.14. The van der Waals surface area contributed by atoms with Gasteiger partial charge in [0.2, 0.25) is 0 Å². The van der Waals surface area contributed by atoms with Crippen LogP contribution in [0.1, 0.15) is 5.69 Å². The fourth-order valence-corrected chi connectivity index (χ4v) is 1.49. The van der Waals surface area contributed by atoms with Gasteiger partial charge in [0.1, 0.15) is 5.75 Å². The smallest absolute Gasteiger partial charge is 0.167 e. The van der Waals surface area contributed by atoms with Gasteiger partial charge in [0.15, 0.2) is 5.76 Å². The van der Waals surface area contributed by atoms with Crippen LogP contribution >= 0.6 is 0 Å². The van der Waals surface area contributed by atoms with E-state index in [9.17, 15) is 0 Å². The minimum atomic E-state index is 0.573. The first-order chi connectivity index (χ1) is 7.83. The average Bonchev–Trinajstić information content (AvgIpc) is 2.78. The minimum absolute atomic E-state index is 0.573. The maximum Gasteiger partial charge on any atom is 0.167 e. The Balaban J connectivity index is 2.27. The molecule has 2 N–H and O–H groups in total. The maximum atomic E-state index is 5.45. The van der Waals surface area contributed by atoms with E-state index in [2.05, 4.69) is 5.16 Å². The van der Waals surface area contributed by atoms with Gasteiger partial charge in [-0.3, -0.25) is 0 Å². The Morgan fingerprint density at radius 1 is 1.38 bits per heavy atom. The second-order valence-electron chi connectivity index (χ2n) is 3.45. The molecule has 0 saturated heterocycles. The van der Waals surface area contributed by atoms with Crippen molar-refractivity contribution >= 4 is 0 Å². The van der Waals surface area contributed by atoms with Crippen LogP contribution in [-0.2, 0) is 6.42 Å². The summed E-state index contributed by atoms with van der Waals surface area (Å²) in [5.41, 5.74) is 7.28. The van der Waals surface area contributed by atoms with Crippen LogP contribution in [0.15, 0.2) is 34.9 Å². The molecule has 4 nitrogen and oxygen atoms in total. The van der Waals surface area contributed by atoms with Crippen LogP contribution in [0.3, 0.4) is 0 Å². The number of hydrogen-bond donors (Lipinski definition) is 1. The molecule has 0 atom stereocenters. The number of ether oxygens (including phenoxy) is 1. The third-order valence-electron chi connectivity index (χ3n) is 2.31. The molecule has 0 aliphatic rings. The van der Waals surface area contributed by atoms with E-state index >= 15 is 0 Å². The van der Waals surface area contributed by atoms with E-state index in [1.165, 1.54) is 0 Å². The topological polar surface area (TPSA) is 61.3 Å². The molecule has 0 saturated carbocycles. The second-order valence-corrected chi connectivity index (χ2v) is 3.45. The second kappa shape index (κ2) is 4.81. The number of nitrogens with two attached hydrogens (primary N) is 1. The molecule has 0 amide bonds. The summed E-state index contributed by atoms with van der Waals surface area (Å²) in [7, 11) is 1.64. The molecule has 0 radical (unpaired) electrons. The lowest BCUT2D eigenvalue weighted by atomic mass is 10.1. The number of methoxy groups -OCH3 is 1. The summed E-state index contributed by atoms with van der Waals surface area (Å²) in [6, 6.07) is 9.57. The lowest BCUT2D eigenvalue weighted by molar-refractivity contribution is 0.412. The van der Waals surface area contributed by atoms with E-state index < -0.39 is 0 Å². The Hall–Kier alpha value is -1.81. The Morgan fingerprint density at radius 3 is 3.00 bits per heavy atom. The molecule has 1 aromatic carbocycles. The van der Waals surface area contributed by atoms with Gasteiger partial charge in [-0.25, -0.2) is 0 Å². The zero-order valence-corrected chi connectivity index (χ0v) is 9.14. The first-order valence-electron chi connectivity index (χ1n) is 5.13. The van der Waals surface area contributed by atoms with Crippen LogP contribution < -0.4 is 10.5 Å². The van der Waals surface area contributed by atoms with E-state index in [0.717, 1.165) is 29.2 Å². The summed E-state index contributed by atoms with van der Waals surface area (Å²) in [5.74, 6) is 1.54. The molecule has 4 heteroatoms. The largest absolute Gasteiger partial charge is 0.497 e. The van der Waals surface area contributed by atoms with E-state index in [1.54, 1.807) is 7.11 Å². The Morgan fingerprint density at radius 2 is 2.25 bits per heavy atom. The Bertz CT molecular complexity index is 466. The molecule has 1 aromatic heterocycles. The summed E-state index contributed by atoms with van der Waals surface area (Å²) in [6.07, 6.45) is 0.730. The van der Waals surface area contributed by atoms with Crippen LogP contribution in [-0.4, -0.2) is 18.8 Å². The van der Waals surface area contributed by atoms with Crippen molar-refractivity contribution in [3.05, 3.63) is 36.0 Å². The Labute approximate surface area is 94.0 Å². The van der Waals surface area contributed by atoms with Crippen molar-refractivity contribution < 1.29 is 9.26 Å². The molecule has 16 heavy (non-hydrogen) atoms. The number of hydrogen-bond acceptors (Lipinski definition) is 4. The third-order valence-corrected chi connectivity index (χ3v) is 2.31. The third kappa shape index (κ3) is 2.23. The van der Waals surface area contributed by atoms with E-state index in [1.807, 2.05) is 30.3 Å². The van der Waals surface area contributed by atoms with Crippen LogP contribution in [0.25, 0.3) is 11.3 Å². The van der Waals surface area contributed by atoms with Gasteiger partial charge >= 0.3 is 0 Å². The number of aromatic nitrogens is 1. The summed E-state index contributed by atoms with van der Waals surface area (Å²) in [6.45, 7) is 0.573. The van der Waals surface area contributed by atoms with Crippen molar-refractivity contribution in [3.63, 3.8) is 0 Å². The van der Waals surface area contributed by atoms with Crippen LogP contribution in [0.2, 0.25) is 0 Å². The van der Waals surface area contributed by atoms with E-state index in [-0.39, 0.29) is 0 Å². The van der Waals surface area contributed by atoms with Crippen molar-refractivity contribution in [1.82, 2.24) is 5.16 Å². The SMILES string of the molecule is COc1cccc(-c2cc(CCN)no2)c1. The number of benzene rings is 1. The van der Waals surface area contributed by atoms with Gasteiger partial charge in [-0.2, -0.15) is 0 Å². The molecule has 0 spiro atoms. The highest BCUT2D eigenvalue weighted by Crippen LogP contribution is 2.24. The predicted octanol–water partition coefficient (Wildman–Crippen LogP) is 1.85. The first kappa shape index (κ1) is 10.7.